The van der Waals surface area contributed by atoms with Crippen molar-refractivity contribution in [3.05, 3.63) is 0 Å². The van der Waals surface area contributed by atoms with Crippen LogP contribution in [0.25, 0.3) is 0 Å². The monoisotopic (exact) mass is 185 g/mol. The SMILES string of the molecule is CCCC1CCNCC1CC(=O)O. The standard InChI is InChI=1S/C10H19NO2/c1-2-3-8-4-5-11-7-9(8)6-10(12)13/h8-9,11H,2-7H2,1H3,(H,12,13). The van der Waals surface area contributed by atoms with Crippen molar-refractivity contribution >= 4 is 5.97 Å². The Labute approximate surface area is 79.5 Å². The van der Waals surface area contributed by atoms with E-state index in [0.717, 1.165) is 19.5 Å². The molecule has 3 nitrogen and oxygen atoms in total. The predicted octanol–water partition coefficient (Wildman–Crippen LogP) is 1.49. The highest BCUT2D eigenvalue weighted by Gasteiger charge is 2.25. The van der Waals surface area contributed by atoms with Gasteiger partial charge in [-0.3, -0.25) is 4.79 Å². The number of piperidine rings is 1. The minimum Gasteiger partial charge on any atom is -0.481 e. The van der Waals surface area contributed by atoms with E-state index in [4.69, 9.17) is 5.11 Å². The molecule has 0 aromatic carbocycles. The summed E-state index contributed by atoms with van der Waals surface area (Å²) in [6.45, 7) is 4.11. The van der Waals surface area contributed by atoms with Crippen LogP contribution in [0, 0.1) is 11.8 Å². The summed E-state index contributed by atoms with van der Waals surface area (Å²) in [5.41, 5.74) is 0. The fourth-order valence-electron chi connectivity index (χ4n) is 2.19. The minimum absolute atomic E-state index is 0.331. The number of hydrogen-bond acceptors (Lipinski definition) is 2. The molecule has 2 atom stereocenters. The summed E-state index contributed by atoms with van der Waals surface area (Å²) in [6, 6.07) is 0. The van der Waals surface area contributed by atoms with Crippen molar-refractivity contribution in [1.82, 2.24) is 5.32 Å². The van der Waals surface area contributed by atoms with Crippen LogP contribution < -0.4 is 5.32 Å². The first kappa shape index (κ1) is 10.5. The molecule has 0 radical (unpaired) electrons. The summed E-state index contributed by atoms with van der Waals surface area (Å²) in [7, 11) is 0. The summed E-state index contributed by atoms with van der Waals surface area (Å²) in [6.07, 6.45) is 3.82. The van der Waals surface area contributed by atoms with Crippen LogP contribution in [0.15, 0.2) is 0 Å². The molecule has 0 bridgehead atoms. The number of hydrogen-bond donors (Lipinski definition) is 2. The van der Waals surface area contributed by atoms with Crippen molar-refractivity contribution in [1.29, 1.82) is 0 Å². The summed E-state index contributed by atoms with van der Waals surface area (Å²) in [5.74, 6) is 0.323. The summed E-state index contributed by atoms with van der Waals surface area (Å²) < 4.78 is 0. The lowest BCUT2D eigenvalue weighted by molar-refractivity contribution is -0.138. The van der Waals surface area contributed by atoms with Crippen LogP contribution in [0.4, 0.5) is 0 Å². The van der Waals surface area contributed by atoms with Crippen LogP contribution in [0.1, 0.15) is 32.6 Å². The molecule has 0 spiro atoms. The molecule has 2 unspecified atom stereocenters. The Morgan fingerprint density at radius 2 is 2.31 bits per heavy atom. The Balaban J connectivity index is 2.41. The van der Waals surface area contributed by atoms with Crippen LogP contribution >= 0.6 is 0 Å². The Hall–Kier alpha value is -0.570. The van der Waals surface area contributed by atoms with Gasteiger partial charge in [-0.2, -0.15) is 0 Å². The molecule has 13 heavy (non-hydrogen) atoms. The lowest BCUT2D eigenvalue weighted by Crippen LogP contribution is -2.37. The quantitative estimate of drug-likeness (QED) is 0.697. The molecule has 0 aromatic heterocycles. The first-order chi connectivity index (χ1) is 6.24. The van der Waals surface area contributed by atoms with Gasteiger partial charge in [-0.1, -0.05) is 19.8 Å². The molecule has 1 fully saturated rings. The average molecular weight is 185 g/mol. The van der Waals surface area contributed by atoms with E-state index < -0.39 is 5.97 Å². The first-order valence-electron chi connectivity index (χ1n) is 5.16. The molecule has 1 aliphatic rings. The molecule has 2 N–H and O–H groups in total. The fourth-order valence-corrected chi connectivity index (χ4v) is 2.19. The lowest BCUT2D eigenvalue weighted by atomic mass is 9.81. The Bertz CT molecular complexity index is 168. The second kappa shape index (κ2) is 5.22. The third-order valence-electron chi connectivity index (χ3n) is 2.86. The maximum absolute atomic E-state index is 10.6. The predicted molar refractivity (Wildman–Crippen MR) is 51.6 cm³/mol. The molecule has 0 aromatic rings. The largest absolute Gasteiger partial charge is 0.481 e. The maximum Gasteiger partial charge on any atom is 0.303 e. The van der Waals surface area contributed by atoms with E-state index in [-0.39, 0.29) is 0 Å². The zero-order chi connectivity index (χ0) is 9.68. The van der Waals surface area contributed by atoms with Gasteiger partial charge >= 0.3 is 5.97 Å². The topological polar surface area (TPSA) is 49.3 Å². The molecular weight excluding hydrogens is 166 g/mol. The third-order valence-corrected chi connectivity index (χ3v) is 2.86. The second-order valence-electron chi connectivity index (χ2n) is 3.90. The van der Waals surface area contributed by atoms with Crippen LogP contribution in [0.2, 0.25) is 0 Å². The molecule has 1 saturated heterocycles. The van der Waals surface area contributed by atoms with E-state index in [1.807, 2.05) is 0 Å². The zero-order valence-electron chi connectivity index (χ0n) is 8.25. The highest BCUT2D eigenvalue weighted by molar-refractivity contribution is 5.67. The molecule has 76 valence electrons. The lowest BCUT2D eigenvalue weighted by Gasteiger charge is -2.31. The number of aliphatic carboxylic acids is 1. The van der Waals surface area contributed by atoms with Gasteiger partial charge in [0.05, 0.1) is 0 Å². The van der Waals surface area contributed by atoms with E-state index >= 15 is 0 Å². The van der Waals surface area contributed by atoms with Gasteiger partial charge in [0, 0.05) is 6.42 Å². The summed E-state index contributed by atoms with van der Waals surface area (Å²) >= 11 is 0. The maximum atomic E-state index is 10.6. The molecule has 0 amide bonds. The van der Waals surface area contributed by atoms with Crippen LogP contribution in [-0.4, -0.2) is 24.2 Å². The summed E-state index contributed by atoms with van der Waals surface area (Å²) in [5, 5.41) is 12.0. The van der Waals surface area contributed by atoms with Gasteiger partial charge in [0.1, 0.15) is 0 Å². The Kier molecular flexibility index (Phi) is 4.22. The van der Waals surface area contributed by atoms with Gasteiger partial charge in [0.25, 0.3) is 0 Å². The third kappa shape index (κ3) is 3.35. The number of carboxylic acid groups (broad SMARTS) is 1. The first-order valence-corrected chi connectivity index (χ1v) is 5.16. The zero-order valence-corrected chi connectivity index (χ0v) is 8.25. The van der Waals surface area contributed by atoms with Crippen LogP contribution in [0.3, 0.4) is 0 Å². The van der Waals surface area contributed by atoms with E-state index in [1.54, 1.807) is 0 Å². The number of carbonyl (C=O) groups is 1. The fraction of sp³-hybridized carbons (Fsp3) is 0.900. The van der Waals surface area contributed by atoms with Crippen LogP contribution in [-0.2, 0) is 4.79 Å². The number of carboxylic acids is 1. The Morgan fingerprint density at radius 3 is 2.92 bits per heavy atom. The van der Waals surface area contributed by atoms with E-state index in [1.165, 1.54) is 12.8 Å². The molecule has 3 heteroatoms. The van der Waals surface area contributed by atoms with Crippen molar-refractivity contribution in [2.45, 2.75) is 32.6 Å². The van der Waals surface area contributed by atoms with E-state index in [2.05, 4.69) is 12.2 Å². The smallest absolute Gasteiger partial charge is 0.303 e. The molecular formula is C10H19NO2. The van der Waals surface area contributed by atoms with Gasteiger partial charge in [-0.25, -0.2) is 0 Å². The normalized spacial score (nSPS) is 28.7. The molecule has 0 saturated carbocycles. The molecule has 1 aliphatic heterocycles. The second-order valence-corrected chi connectivity index (χ2v) is 3.90. The van der Waals surface area contributed by atoms with Gasteiger partial charge in [0.15, 0.2) is 0 Å². The summed E-state index contributed by atoms with van der Waals surface area (Å²) in [4.78, 5) is 10.6. The van der Waals surface area contributed by atoms with Gasteiger partial charge in [0.2, 0.25) is 0 Å². The van der Waals surface area contributed by atoms with Crippen LogP contribution in [0.5, 0.6) is 0 Å². The number of nitrogens with one attached hydrogen (secondary N) is 1. The van der Waals surface area contributed by atoms with Crippen molar-refractivity contribution in [2.75, 3.05) is 13.1 Å². The highest BCUT2D eigenvalue weighted by Crippen LogP contribution is 2.26. The van der Waals surface area contributed by atoms with Crippen molar-refractivity contribution < 1.29 is 9.90 Å². The number of rotatable bonds is 4. The molecule has 1 rings (SSSR count). The Morgan fingerprint density at radius 1 is 1.54 bits per heavy atom. The molecule has 0 aliphatic carbocycles. The van der Waals surface area contributed by atoms with Crippen molar-refractivity contribution in [3.8, 4) is 0 Å². The minimum atomic E-state index is -0.658. The van der Waals surface area contributed by atoms with E-state index in [0.29, 0.717) is 18.3 Å². The van der Waals surface area contributed by atoms with E-state index in [9.17, 15) is 4.79 Å². The van der Waals surface area contributed by atoms with Crippen molar-refractivity contribution in [3.63, 3.8) is 0 Å². The van der Waals surface area contributed by atoms with Crippen molar-refractivity contribution in [2.24, 2.45) is 11.8 Å². The van der Waals surface area contributed by atoms with Gasteiger partial charge < -0.3 is 10.4 Å². The molecule has 1 heterocycles. The average Bonchev–Trinajstić information content (AvgIpc) is 2.08. The van der Waals surface area contributed by atoms with Gasteiger partial charge in [-0.05, 0) is 31.3 Å². The van der Waals surface area contributed by atoms with Gasteiger partial charge in [-0.15, -0.1) is 0 Å². The highest BCUT2D eigenvalue weighted by atomic mass is 16.4.